The maximum absolute atomic E-state index is 4.42. The van der Waals surface area contributed by atoms with Crippen LogP contribution in [0.3, 0.4) is 0 Å². The summed E-state index contributed by atoms with van der Waals surface area (Å²) in [4.78, 5) is 4.42. The molecule has 1 aromatic heterocycles. The highest BCUT2D eigenvalue weighted by Gasteiger charge is 2.09. The Kier molecular flexibility index (Phi) is 5.06. The summed E-state index contributed by atoms with van der Waals surface area (Å²) in [6.07, 6.45) is 13.3. The number of allylic oxidation sites excluding steroid dienone is 5. The summed E-state index contributed by atoms with van der Waals surface area (Å²) < 4.78 is 0. The lowest BCUT2D eigenvalue weighted by Gasteiger charge is -2.12. The molecule has 0 saturated heterocycles. The van der Waals surface area contributed by atoms with Gasteiger partial charge >= 0.3 is 0 Å². The van der Waals surface area contributed by atoms with E-state index in [1.54, 1.807) is 6.08 Å². The zero-order chi connectivity index (χ0) is 13.5. The van der Waals surface area contributed by atoms with E-state index in [0.29, 0.717) is 0 Å². The van der Waals surface area contributed by atoms with E-state index in [0.717, 1.165) is 28.0 Å². The first-order valence-corrected chi connectivity index (χ1v) is 5.89. The minimum atomic E-state index is 0.960. The maximum Gasteiger partial charge on any atom is 0.0451 e. The van der Waals surface area contributed by atoms with Gasteiger partial charge in [-0.1, -0.05) is 56.2 Å². The summed E-state index contributed by atoms with van der Waals surface area (Å²) in [5, 5.41) is 0. The van der Waals surface area contributed by atoms with Gasteiger partial charge in [0.25, 0.3) is 0 Å². The van der Waals surface area contributed by atoms with Crippen LogP contribution >= 0.6 is 0 Å². The first-order valence-electron chi connectivity index (χ1n) is 5.89. The highest BCUT2D eigenvalue weighted by atomic mass is 14.7. The van der Waals surface area contributed by atoms with Crippen molar-refractivity contribution in [2.75, 3.05) is 0 Å². The number of pyridine rings is 1. The van der Waals surface area contributed by atoms with Crippen molar-refractivity contribution in [3.63, 3.8) is 0 Å². The number of aromatic nitrogens is 1. The number of rotatable bonds is 5. The predicted molar refractivity (Wildman–Crippen MR) is 82.1 cm³/mol. The van der Waals surface area contributed by atoms with Crippen molar-refractivity contribution in [3.8, 4) is 0 Å². The summed E-state index contributed by atoms with van der Waals surface area (Å²) in [5.74, 6) is 0. The van der Waals surface area contributed by atoms with Gasteiger partial charge in [-0.25, -0.2) is 0 Å². The van der Waals surface area contributed by atoms with Crippen LogP contribution in [-0.2, 0) is 0 Å². The highest BCUT2D eigenvalue weighted by molar-refractivity contribution is 5.83. The van der Waals surface area contributed by atoms with Crippen molar-refractivity contribution in [2.45, 2.75) is 13.8 Å². The van der Waals surface area contributed by atoms with Crippen LogP contribution in [-0.4, -0.2) is 4.98 Å². The summed E-state index contributed by atoms with van der Waals surface area (Å²) >= 11 is 0. The van der Waals surface area contributed by atoms with E-state index in [1.807, 2.05) is 50.4 Å². The minimum absolute atomic E-state index is 0.960. The van der Waals surface area contributed by atoms with E-state index in [9.17, 15) is 0 Å². The summed E-state index contributed by atoms with van der Waals surface area (Å²) in [6.45, 7) is 15.4. The molecule has 0 aliphatic heterocycles. The SMILES string of the molecule is C=C/C=C(\C=C/C)c1cnc(C)c(C=C)c1C=C. The van der Waals surface area contributed by atoms with Crippen LogP contribution in [0.15, 0.2) is 50.2 Å². The average molecular weight is 237 g/mol. The minimum Gasteiger partial charge on any atom is -0.260 e. The number of aryl methyl sites for hydroxylation is 1. The molecule has 0 N–H and O–H groups in total. The lowest BCUT2D eigenvalue weighted by molar-refractivity contribution is 1.17. The summed E-state index contributed by atoms with van der Waals surface area (Å²) in [5.41, 5.74) is 5.16. The van der Waals surface area contributed by atoms with E-state index in [4.69, 9.17) is 0 Å². The standard InChI is InChI=1S/C17H19N/c1-6-10-14(11-7-2)17-12-18-13(5)15(8-3)16(17)9-4/h6-12H,1,3-4H2,2,5H3/b11-7-,14-10+. The normalized spacial score (nSPS) is 11.6. The summed E-state index contributed by atoms with van der Waals surface area (Å²) in [7, 11) is 0. The fourth-order valence-electron chi connectivity index (χ4n) is 1.89. The molecule has 0 bridgehead atoms. The fraction of sp³-hybridized carbons (Fsp3) is 0.118. The van der Waals surface area contributed by atoms with Crippen molar-refractivity contribution in [3.05, 3.63) is 72.6 Å². The van der Waals surface area contributed by atoms with Gasteiger partial charge in [-0.3, -0.25) is 4.98 Å². The Balaban J connectivity index is 3.58. The maximum atomic E-state index is 4.42. The average Bonchev–Trinajstić information content (AvgIpc) is 2.38. The molecular formula is C17H19N. The zero-order valence-electron chi connectivity index (χ0n) is 11.1. The Hall–Kier alpha value is -2.15. The number of nitrogens with zero attached hydrogens (tertiary/aromatic N) is 1. The highest BCUT2D eigenvalue weighted by Crippen LogP contribution is 2.26. The Bertz CT molecular complexity index is 531. The quantitative estimate of drug-likeness (QED) is 0.669. The predicted octanol–water partition coefficient (Wildman–Crippen LogP) is 4.82. The molecule has 18 heavy (non-hydrogen) atoms. The largest absolute Gasteiger partial charge is 0.260 e. The van der Waals surface area contributed by atoms with Crippen molar-refractivity contribution >= 4 is 17.7 Å². The van der Waals surface area contributed by atoms with Crippen LogP contribution in [0.25, 0.3) is 17.7 Å². The molecule has 0 aliphatic carbocycles. The van der Waals surface area contributed by atoms with Gasteiger partial charge in [-0.05, 0) is 25.0 Å². The monoisotopic (exact) mass is 237 g/mol. The third kappa shape index (κ3) is 2.75. The van der Waals surface area contributed by atoms with Gasteiger partial charge in [0.2, 0.25) is 0 Å². The molecule has 1 nitrogen and oxygen atoms in total. The lowest BCUT2D eigenvalue weighted by Crippen LogP contribution is -1.96. The molecule has 0 spiro atoms. The third-order valence-electron chi connectivity index (χ3n) is 2.72. The zero-order valence-corrected chi connectivity index (χ0v) is 11.1. The molecule has 1 rings (SSSR count). The molecule has 1 aromatic rings. The molecule has 0 aromatic carbocycles. The Labute approximate surface area is 110 Å². The Morgan fingerprint density at radius 2 is 1.83 bits per heavy atom. The van der Waals surface area contributed by atoms with Crippen molar-refractivity contribution in [2.24, 2.45) is 0 Å². The van der Waals surface area contributed by atoms with Gasteiger partial charge in [-0.2, -0.15) is 0 Å². The molecule has 0 saturated carbocycles. The van der Waals surface area contributed by atoms with Crippen LogP contribution in [0.5, 0.6) is 0 Å². The van der Waals surface area contributed by atoms with E-state index in [1.165, 1.54) is 0 Å². The van der Waals surface area contributed by atoms with E-state index in [-0.39, 0.29) is 0 Å². The van der Waals surface area contributed by atoms with Crippen molar-refractivity contribution in [1.82, 2.24) is 4.98 Å². The molecule has 0 atom stereocenters. The lowest BCUT2D eigenvalue weighted by atomic mass is 9.95. The smallest absolute Gasteiger partial charge is 0.0451 e. The van der Waals surface area contributed by atoms with Crippen molar-refractivity contribution < 1.29 is 0 Å². The molecule has 0 fully saturated rings. The molecule has 92 valence electrons. The number of hydrogen-bond donors (Lipinski definition) is 0. The molecule has 1 heterocycles. The van der Waals surface area contributed by atoms with Gasteiger partial charge in [0.15, 0.2) is 0 Å². The second kappa shape index (κ2) is 6.55. The van der Waals surface area contributed by atoms with E-state index in [2.05, 4.69) is 24.7 Å². The molecule has 0 radical (unpaired) electrons. The van der Waals surface area contributed by atoms with Gasteiger partial charge in [0.1, 0.15) is 0 Å². The molecule has 0 unspecified atom stereocenters. The Morgan fingerprint density at radius 3 is 2.33 bits per heavy atom. The topological polar surface area (TPSA) is 12.9 Å². The second-order valence-electron chi connectivity index (χ2n) is 3.85. The second-order valence-corrected chi connectivity index (χ2v) is 3.85. The molecule has 0 aliphatic rings. The van der Waals surface area contributed by atoms with E-state index >= 15 is 0 Å². The molecule has 0 amide bonds. The third-order valence-corrected chi connectivity index (χ3v) is 2.72. The first-order chi connectivity index (χ1) is 8.69. The van der Waals surface area contributed by atoms with Crippen LogP contribution < -0.4 is 0 Å². The van der Waals surface area contributed by atoms with Gasteiger partial charge in [0, 0.05) is 23.0 Å². The van der Waals surface area contributed by atoms with Gasteiger partial charge < -0.3 is 0 Å². The molecule has 1 heteroatoms. The fourth-order valence-corrected chi connectivity index (χ4v) is 1.89. The van der Waals surface area contributed by atoms with Gasteiger partial charge in [0.05, 0.1) is 0 Å². The summed E-state index contributed by atoms with van der Waals surface area (Å²) in [6, 6.07) is 0. The van der Waals surface area contributed by atoms with Crippen LogP contribution in [0.2, 0.25) is 0 Å². The molecular weight excluding hydrogens is 218 g/mol. The van der Waals surface area contributed by atoms with Crippen LogP contribution in [0.1, 0.15) is 29.3 Å². The van der Waals surface area contributed by atoms with Crippen LogP contribution in [0, 0.1) is 6.92 Å². The first kappa shape index (κ1) is 13.9. The van der Waals surface area contributed by atoms with Crippen molar-refractivity contribution in [1.29, 1.82) is 0 Å². The van der Waals surface area contributed by atoms with E-state index < -0.39 is 0 Å². The number of hydrogen-bond acceptors (Lipinski definition) is 1. The Morgan fingerprint density at radius 1 is 1.17 bits per heavy atom. The van der Waals surface area contributed by atoms with Crippen LogP contribution in [0.4, 0.5) is 0 Å². The van der Waals surface area contributed by atoms with Gasteiger partial charge in [-0.15, -0.1) is 0 Å².